The molecule has 1 aliphatic carbocycles. The highest BCUT2D eigenvalue weighted by molar-refractivity contribution is 7.89. The zero-order chi connectivity index (χ0) is 20.4. The average Bonchev–Trinajstić information content (AvgIpc) is 3.35. The van der Waals surface area contributed by atoms with Crippen molar-refractivity contribution in [1.29, 1.82) is 0 Å². The van der Waals surface area contributed by atoms with E-state index in [1.165, 1.54) is 29.0 Å². The summed E-state index contributed by atoms with van der Waals surface area (Å²) in [5.74, 6) is -0.0470. The summed E-state index contributed by atoms with van der Waals surface area (Å²) in [6, 6.07) is 10.4. The molecule has 8 heteroatoms. The highest BCUT2D eigenvalue weighted by Gasteiger charge is 2.25. The molecule has 0 bridgehead atoms. The number of carbonyl (C=O) groups excluding carboxylic acids is 1. The van der Waals surface area contributed by atoms with E-state index in [0.717, 1.165) is 35.4 Å². The molecule has 2 heterocycles. The molecule has 0 fully saturated rings. The molecule has 0 saturated heterocycles. The van der Waals surface area contributed by atoms with Crippen LogP contribution in [0, 0.1) is 0 Å². The SMILES string of the molecule is NS(=O)(=O)c1ccc(CCNC(=O)c2c(-n3cccc3)sc3c2CCCC3)cc1. The Kier molecular flexibility index (Phi) is 5.58. The Bertz CT molecular complexity index is 1110. The highest BCUT2D eigenvalue weighted by Crippen LogP contribution is 2.36. The van der Waals surface area contributed by atoms with Crippen molar-refractivity contribution in [3.63, 3.8) is 0 Å². The number of carbonyl (C=O) groups is 1. The van der Waals surface area contributed by atoms with Gasteiger partial charge in [-0.15, -0.1) is 11.3 Å². The van der Waals surface area contributed by atoms with Crippen LogP contribution in [-0.2, 0) is 29.3 Å². The van der Waals surface area contributed by atoms with Gasteiger partial charge in [0.2, 0.25) is 10.0 Å². The van der Waals surface area contributed by atoms with Crippen LogP contribution in [0.4, 0.5) is 0 Å². The Morgan fingerprint density at radius 2 is 1.79 bits per heavy atom. The van der Waals surface area contributed by atoms with Gasteiger partial charge in [-0.05, 0) is 67.5 Å². The summed E-state index contributed by atoms with van der Waals surface area (Å²) < 4.78 is 24.7. The van der Waals surface area contributed by atoms with E-state index in [4.69, 9.17) is 5.14 Å². The lowest BCUT2D eigenvalue weighted by molar-refractivity contribution is 0.0953. The zero-order valence-electron chi connectivity index (χ0n) is 15.9. The predicted molar refractivity (Wildman–Crippen MR) is 114 cm³/mol. The van der Waals surface area contributed by atoms with Crippen molar-refractivity contribution in [2.45, 2.75) is 37.0 Å². The summed E-state index contributed by atoms with van der Waals surface area (Å²) in [6.45, 7) is 0.475. The molecule has 0 spiro atoms. The van der Waals surface area contributed by atoms with E-state index < -0.39 is 10.0 Å². The lowest BCUT2D eigenvalue weighted by Gasteiger charge is -2.13. The van der Waals surface area contributed by atoms with Gasteiger partial charge in [0.15, 0.2) is 0 Å². The Morgan fingerprint density at radius 1 is 1.10 bits per heavy atom. The molecule has 0 atom stereocenters. The number of nitrogens with zero attached hydrogens (tertiary/aromatic N) is 1. The second kappa shape index (κ2) is 8.14. The van der Waals surface area contributed by atoms with Crippen LogP contribution in [0.5, 0.6) is 0 Å². The van der Waals surface area contributed by atoms with Gasteiger partial charge in [0.05, 0.1) is 10.5 Å². The molecule has 152 valence electrons. The minimum Gasteiger partial charge on any atom is -0.352 e. The van der Waals surface area contributed by atoms with E-state index in [1.54, 1.807) is 23.5 Å². The smallest absolute Gasteiger partial charge is 0.254 e. The van der Waals surface area contributed by atoms with Crippen LogP contribution in [0.3, 0.4) is 0 Å². The number of sulfonamides is 1. The van der Waals surface area contributed by atoms with Gasteiger partial charge in [0.1, 0.15) is 5.00 Å². The number of hydrogen-bond donors (Lipinski definition) is 2. The van der Waals surface area contributed by atoms with Gasteiger partial charge in [-0.3, -0.25) is 4.79 Å². The Balaban J connectivity index is 1.48. The summed E-state index contributed by atoms with van der Waals surface area (Å²) in [7, 11) is -3.69. The maximum Gasteiger partial charge on any atom is 0.254 e. The van der Waals surface area contributed by atoms with Gasteiger partial charge >= 0.3 is 0 Å². The topological polar surface area (TPSA) is 94.2 Å². The standard InChI is InChI=1S/C21H23N3O3S2/c22-29(26,27)16-9-7-15(8-10-16)11-12-23-20(25)19-17-5-1-2-6-18(17)28-21(19)24-13-3-4-14-24/h3-4,7-10,13-14H,1-2,5-6,11-12H2,(H,23,25)(H2,22,26,27). The quantitative estimate of drug-likeness (QED) is 0.631. The predicted octanol–water partition coefficient (Wildman–Crippen LogP) is 3.04. The molecule has 3 N–H and O–H groups in total. The van der Waals surface area contributed by atoms with Gasteiger partial charge in [-0.1, -0.05) is 12.1 Å². The zero-order valence-corrected chi connectivity index (χ0v) is 17.6. The van der Waals surface area contributed by atoms with E-state index in [2.05, 4.69) is 5.32 Å². The first kappa shape index (κ1) is 19.9. The van der Waals surface area contributed by atoms with Crippen LogP contribution in [0.2, 0.25) is 0 Å². The molecular formula is C21H23N3O3S2. The van der Waals surface area contributed by atoms with Crippen molar-refractivity contribution in [2.24, 2.45) is 5.14 Å². The Hall–Kier alpha value is -2.42. The molecule has 0 saturated carbocycles. The lowest BCUT2D eigenvalue weighted by atomic mass is 9.95. The Morgan fingerprint density at radius 3 is 2.48 bits per heavy atom. The second-order valence-electron chi connectivity index (χ2n) is 7.18. The fraction of sp³-hybridized carbons (Fsp3) is 0.286. The maximum absolute atomic E-state index is 13.1. The third-order valence-corrected chi connectivity index (χ3v) is 7.40. The van der Waals surface area contributed by atoms with Crippen molar-refractivity contribution in [1.82, 2.24) is 9.88 Å². The number of benzene rings is 1. The fourth-order valence-corrected chi connectivity index (χ4v) is 5.56. The number of fused-ring (bicyclic) bond motifs is 1. The number of aryl methyl sites for hydroxylation is 1. The number of nitrogens with two attached hydrogens (primary N) is 1. The van der Waals surface area contributed by atoms with E-state index in [-0.39, 0.29) is 10.8 Å². The van der Waals surface area contributed by atoms with Crippen molar-refractivity contribution >= 4 is 27.3 Å². The molecule has 0 unspecified atom stereocenters. The summed E-state index contributed by atoms with van der Waals surface area (Å²) in [5.41, 5.74) is 2.93. The Labute approximate surface area is 174 Å². The number of hydrogen-bond acceptors (Lipinski definition) is 4. The molecule has 1 aliphatic rings. The molecule has 0 radical (unpaired) electrons. The first-order valence-corrected chi connectivity index (χ1v) is 12.0. The van der Waals surface area contributed by atoms with Crippen molar-refractivity contribution < 1.29 is 13.2 Å². The molecule has 4 rings (SSSR count). The molecule has 1 amide bonds. The average molecular weight is 430 g/mol. The third-order valence-electron chi connectivity index (χ3n) is 5.17. The molecule has 3 aromatic rings. The monoisotopic (exact) mass is 429 g/mol. The van der Waals surface area contributed by atoms with Crippen LogP contribution in [0.25, 0.3) is 5.00 Å². The number of rotatable bonds is 6. The van der Waals surface area contributed by atoms with E-state index in [9.17, 15) is 13.2 Å². The minimum atomic E-state index is -3.69. The number of aromatic nitrogens is 1. The molecule has 2 aromatic heterocycles. The van der Waals surface area contributed by atoms with Crippen molar-refractivity contribution in [3.05, 3.63) is 70.4 Å². The molecule has 29 heavy (non-hydrogen) atoms. The van der Waals surface area contributed by atoms with Crippen LogP contribution >= 0.6 is 11.3 Å². The number of nitrogens with one attached hydrogen (secondary N) is 1. The summed E-state index contributed by atoms with van der Waals surface area (Å²) >= 11 is 1.72. The van der Waals surface area contributed by atoms with Crippen molar-refractivity contribution in [2.75, 3.05) is 6.54 Å². The minimum absolute atomic E-state index is 0.0470. The van der Waals surface area contributed by atoms with Crippen LogP contribution in [0.1, 0.15) is 39.2 Å². The van der Waals surface area contributed by atoms with Gasteiger partial charge in [-0.25, -0.2) is 13.6 Å². The van der Waals surface area contributed by atoms with E-state index in [1.807, 2.05) is 29.1 Å². The first-order valence-electron chi connectivity index (χ1n) is 9.61. The normalized spacial score (nSPS) is 13.8. The largest absolute Gasteiger partial charge is 0.352 e. The van der Waals surface area contributed by atoms with E-state index >= 15 is 0 Å². The van der Waals surface area contributed by atoms with E-state index in [0.29, 0.717) is 13.0 Å². The lowest BCUT2D eigenvalue weighted by Crippen LogP contribution is -2.27. The second-order valence-corrected chi connectivity index (χ2v) is 9.82. The molecule has 6 nitrogen and oxygen atoms in total. The van der Waals surface area contributed by atoms with Gasteiger partial charge < -0.3 is 9.88 Å². The molecule has 0 aliphatic heterocycles. The summed E-state index contributed by atoms with van der Waals surface area (Å²) in [5, 5.41) is 9.15. The van der Waals surface area contributed by atoms with Gasteiger partial charge in [0, 0.05) is 23.8 Å². The van der Waals surface area contributed by atoms with Crippen LogP contribution < -0.4 is 10.5 Å². The number of primary sulfonamides is 1. The first-order chi connectivity index (χ1) is 13.9. The maximum atomic E-state index is 13.1. The van der Waals surface area contributed by atoms with Gasteiger partial charge in [0.25, 0.3) is 5.91 Å². The summed E-state index contributed by atoms with van der Waals surface area (Å²) in [6.07, 6.45) is 8.84. The third kappa shape index (κ3) is 4.29. The van der Waals surface area contributed by atoms with Gasteiger partial charge in [-0.2, -0.15) is 0 Å². The van der Waals surface area contributed by atoms with Crippen LogP contribution in [0.15, 0.2) is 53.7 Å². The van der Waals surface area contributed by atoms with Crippen LogP contribution in [-0.4, -0.2) is 25.4 Å². The number of amides is 1. The number of thiophene rings is 1. The fourth-order valence-electron chi connectivity index (χ4n) is 3.69. The molecule has 1 aromatic carbocycles. The van der Waals surface area contributed by atoms with Crippen molar-refractivity contribution in [3.8, 4) is 5.00 Å². The highest BCUT2D eigenvalue weighted by atomic mass is 32.2. The molecular weight excluding hydrogens is 406 g/mol. The summed E-state index contributed by atoms with van der Waals surface area (Å²) in [4.78, 5) is 14.5.